The van der Waals surface area contributed by atoms with Crippen LogP contribution in [0.1, 0.15) is 297 Å². The molecular weight excluding hydrogens is 1380 g/mol. The summed E-state index contributed by atoms with van der Waals surface area (Å²) in [6.45, 7) is 4.44. The summed E-state index contributed by atoms with van der Waals surface area (Å²) < 4.78 is 68.5. The van der Waals surface area contributed by atoms with Crippen LogP contribution in [0.4, 0.5) is 0 Å². The third kappa shape index (κ3) is 76.6. The molecule has 5 unspecified atom stereocenters. The number of carbonyl (C=O) groups is 4. The molecule has 3 N–H and O–H groups in total. The second kappa shape index (κ2) is 77.6. The third-order valence-electron chi connectivity index (χ3n) is 16.1. The second-order valence-electron chi connectivity index (χ2n) is 26.2. The first-order valence-corrected chi connectivity index (χ1v) is 43.4. The Hall–Kier alpha value is -5.58. The number of phosphoric acid groups is 2. The Morgan fingerprint density at radius 2 is 0.500 bits per heavy atom. The van der Waals surface area contributed by atoms with Crippen molar-refractivity contribution in [3.63, 3.8) is 0 Å². The van der Waals surface area contributed by atoms with Gasteiger partial charge in [0.1, 0.15) is 19.3 Å². The SMILES string of the molecule is CC/C=C\C/C=C\C/C=C\C/C=C\C/C=C\CCCC(=O)OCC(COP(=O)(O)OCC(O)COP(=O)(O)OCC(COC(=O)CCCCCCCC/C=C\C/C=C\C/C=C\CCCCC)OC(=O)CCC/C=C\C/C=C\C/C=C\C/C=C\C/C=C\CC)OC(=O)CCCCCCC/C=C\CCCCCC. The molecule has 602 valence electrons. The molecule has 0 heterocycles. The minimum atomic E-state index is -5.01. The maximum Gasteiger partial charge on any atom is 0.472 e. The van der Waals surface area contributed by atoms with Crippen molar-refractivity contribution in [1.82, 2.24) is 0 Å². The highest BCUT2D eigenvalue weighted by atomic mass is 31.2. The molecule has 0 saturated carbocycles. The number of rotatable bonds is 74. The van der Waals surface area contributed by atoms with E-state index in [9.17, 15) is 43.2 Å². The predicted octanol–water partition coefficient (Wildman–Crippen LogP) is 23.8. The van der Waals surface area contributed by atoms with Crippen LogP contribution in [0.5, 0.6) is 0 Å². The fourth-order valence-corrected chi connectivity index (χ4v) is 11.6. The van der Waals surface area contributed by atoms with Gasteiger partial charge in [-0.3, -0.25) is 37.3 Å². The Morgan fingerprint density at radius 3 is 0.830 bits per heavy atom. The molecule has 19 heteroatoms. The summed E-state index contributed by atoms with van der Waals surface area (Å²) in [6.07, 6.45) is 92.0. The van der Waals surface area contributed by atoms with Gasteiger partial charge < -0.3 is 33.8 Å². The Labute approximate surface area is 642 Å². The molecule has 0 aliphatic heterocycles. The number of ether oxygens (including phenoxy) is 4. The number of allylic oxidation sites excluding steroid dienone is 28. The van der Waals surface area contributed by atoms with Crippen LogP contribution in [0.25, 0.3) is 0 Å². The molecule has 0 fully saturated rings. The maximum atomic E-state index is 13.1. The summed E-state index contributed by atoms with van der Waals surface area (Å²) >= 11 is 0. The highest BCUT2D eigenvalue weighted by Gasteiger charge is 2.30. The summed E-state index contributed by atoms with van der Waals surface area (Å²) in [5, 5.41) is 10.6. The topological polar surface area (TPSA) is 237 Å². The van der Waals surface area contributed by atoms with E-state index in [1.165, 1.54) is 44.9 Å². The second-order valence-corrected chi connectivity index (χ2v) is 29.1. The van der Waals surface area contributed by atoms with Gasteiger partial charge in [0.05, 0.1) is 26.4 Å². The number of hydrogen-bond donors (Lipinski definition) is 3. The molecule has 5 atom stereocenters. The molecule has 0 amide bonds. The minimum Gasteiger partial charge on any atom is -0.462 e. The largest absolute Gasteiger partial charge is 0.472 e. The van der Waals surface area contributed by atoms with Crippen molar-refractivity contribution in [2.75, 3.05) is 39.6 Å². The van der Waals surface area contributed by atoms with Gasteiger partial charge in [0.2, 0.25) is 0 Å². The van der Waals surface area contributed by atoms with Crippen molar-refractivity contribution in [3.05, 3.63) is 170 Å². The highest BCUT2D eigenvalue weighted by Crippen LogP contribution is 2.45. The van der Waals surface area contributed by atoms with Crippen molar-refractivity contribution in [2.24, 2.45) is 0 Å². The first-order chi connectivity index (χ1) is 51.7. The van der Waals surface area contributed by atoms with E-state index >= 15 is 0 Å². The Balaban J connectivity index is 5.48. The molecule has 0 radical (unpaired) electrons. The monoisotopic (exact) mass is 1520 g/mol. The third-order valence-corrected chi connectivity index (χ3v) is 18.0. The quantitative estimate of drug-likeness (QED) is 0.0169. The van der Waals surface area contributed by atoms with Crippen molar-refractivity contribution in [2.45, 2.75) is 316 Å². The minimum absolute atomic E-state index is 0.00644. The highest BCUT2D eigenvalue weighted by molar-refractivity contribution is 7.47. The Kier molecular flexibility index (Phi) is 73.5. The first kappa shape index (κ1) is 100. The zero-order chi connectivity index (χ0) is 77.4. The van der Waals surface area contributed by atoms with Crippen molar-refractivity contribution in [1.29, 1.82) is 0 Å². The fraction of sp³-hybridized carbons (Fsp3) is 0.632. The van der Waals surface area contributed by atoms with Gasteiger partial charge in [-0.2, -0.15) is 0 Å². The standard InChI is InChI=1S/C87H142O17P2/c1-5-9-13-17-21-25-29-33-36-39-40-43-45-49-52-56-60-64-68-72-85(90)98-78-83(104-87(92)74-70-66-62-58-54-50-46-42-38-35-31-27-23-19-15-11-7-3)80-102-106(95,96)100-76-81(88)75-99-105(93,94)101-79-82(103-86(91)73-69-65-61-57-53-47-32-28-24-20-16-12-8-4)77-97-84(89)71-67-63-59-55-51-48-44-41-37-34-30-26-22-18-14-10-6-2/h10-11,14-15,21-23,25-28,32-38,40,43-44,46,48,50,55,58-59,62,81-83,88H,5-9,12-13,16-20,24,29-31,39,41-42,45,47,49,51-54,56-57,60-61,63-80H2,1-4H3,(H,93,94)(H,95,96)/b14-10-,15-11-,25-21-,26-22-,27-23-,32-28-,36-33-,37-34-,38-35-,43-40-,48-44-,50-46-,59-55-,62-58-. The molecule has 0 aromatic carbocycles. The van der Waals surface area contributed by atoms with Crippen LogP contribution in [0.3, 0.4) is 0 Å². The van der Waals surface area contributed by atoms with Gasteiger partial charge in [-0.05, 0) is 167 Å². The van der Waals surface area contributed by atoms with Crippen LogP contribution in [0.2, 0.25) is 0 Å². The Morgan fingerprint density at radius 1 is 0.274 bits per heavy atom. The first-order valence-electron chi connectivity index (χ1n) is 40.4. The van der Waals surface area contributed by atoms with E-state index in [-0.39, 0.29) is 25.7 Å². The van der Waals surface area contributed by atoms with Gasteiger partial charge in [0.15, 0.2) is 12.2 Å². The van der Waals surface area contributed by atoms with Crippen LogP contribution in [0, 0.1) is 0 Å². The molecular formula is C87H142O17P2. The van der Waals surface area contributed by atoms with E-state index in [0.717, 1.165) is 161 Å². The summed E-state index contributed by atoms with van der Waals surface area (Å²) in [7, 11) is -10.0. The number of unbranched alkanes of at least 4 members (excludes halogenated alkanes) is 20. The zero-order valence-corrected chi connectivity index (χ0v) is 67.6. The van der Waals surface area contributed by atoms with E-state index in [0.29, 0.717) is 38.5 Å². The molecule has 0 saturated heterocycles. The van der Waals surface area contributed by atoms with Crippen LogP contribution < -0.4 is 0 Å². The lowest BCUT2D eigenvalue weighted by molar-refractivity contribution is -0.161. The van der Waals surface area contributed by atoms with E-state index in [4.69, 9.17) is 37.0 Å². The van der Waals surface area contributed by atoms with E-state index in [1.807, 2.05) is 24.3 Å². The summed E-state index contributed by atoms with van der Waals surface area (Å²) in [4.78, 5) is 73.0. The summed E-state index contributed by atoms with van der Waals surface area (Å²) in [6, 6.07) is 0. The molecule has 0 bridgehead atoms. The number of aliphatic hydroxyl groups excluding tert-OH is 1. The van der Waals surface area contributed by atoms with Crippen LogP contribution in [-0.2, 0) is 65.4 Å². The average Bonchev–Trinajstić information content (AvgIpc) is 0.937. The van der Waals surface area contributed by atoms with Gasteiger partial charge in [0.25, 0.3) is 0 Å². The van der Waals surface area contributed by atoms with Crippen LogP contribution >= 0.6 is 15.6 Å². The summed E-state index contributed by atoms with van der Waals surface area (Å²) in [5.41, 5.74) is 0. The van der Waals surface area contributed by atoms with Crippen LogP contribution in [0.15, 0.2) is 170 Å². The van der Waals surface area contributed by atoms with Gasteiger partial charge in [0, 0.05) is 25.7 Å². The smallest absolute Gasteiger partial charge is 0.462 e. The van der Waals surface area contributed by atoms with Gasteiger partial charge in [-0.15, -0.1) is 0 Å². The molecule has 0 spiro atoms. The number of phosphoric ester groups is 2. The molecule has 0 aromatic heterocycles. The Bertz CT molecular complexity index is 2680. The van der Waals surface area contributed by atoms with Gasteiger partial charge in [-0.1, -0.05) is 275 Å². The molecule has 106 heavy (non-hydrogen) atoms. The fourth-order valence-electron chi connectivity index (χ4n) is 10.1. The lowest BCUT2D eigenvalue weighted by Gasteiger charge is -2.21. The maximum absolute atomic E-state index is 13.1. The number of aliphatic hydroxyl groups is 1. The van der Waals surface area contributed by atoms with Gasteiger partial charge >= 0.3 is 39.5 Å². The molecule has 0 aliphatic rings. The summed E-state index contributed by atoms with van der Waals surface area (Å²) in [5.74, 6) is -2.35. The molecule has 0 rings (SSSR count). The average molecular weight is 1520 g/mol. The molecule has 0 aliphatic carbocycles. The van der Waals surface area contributed by atoms with Crippen molar-refractivity contribution >= 4 is 39.5 Å². The van der Waals surface area contributed by atoms with Crippen LogP contribution in [-0.4, -0.2) is 96.7 Å². The van der Waals surface area contributed by atoms with Crippen molar-refractivity contribution < 1.29 is 80.2 Å². The zero-order valence-electron chi connectivity index (χ0n) is 65.8. The normalized spacial score (nSPS) is 14.7. The van der Waals surface area contributed by atoms with E-state index in [2.05, 4.69) is 174 Å². The number of esters is 4. The lowest BCUT2D eigenvalue weighted by atomic mass is 10.1. The van der Waals surface area contributed by atoms with E-state index < -0.39 is 97.5 Å². The molecule has 17 nitrogen and oxygen atoms in total. The molecule has 0 aromatic rings. The van der Waals surface area contributed by atoms with E-state index in [1.54, 1.807) is 0 Å². The van der Waals surface area contributed by atoms with Crippen molar-refractivity contribution in [3.8, 4) is 0 Å². The lowest BCUT2D eigenvalue weighted by Crippen LogP contribution is -2.30. The van der Waals surface area contributed by atoms with Gasteiger partial charge in [-0.25, -0.2) is 9.13 Å². The number of carbonyl (C=O) groups excluding carboxylic acids is 4. The number of hydrogen-bond acceptors (Lipinski definition) is 15. The predicted molar refractivity (Wildman–Crippen MR) is 436 cm³/mol.